The Kier molecular flexibility index (Phi) is 9.03. The summed E-state index contributed by atoms with van der Waals surface area (Å²) in [5.41, 5.74) is 2.61. The molecule has 0 unspecified atom stereocenters. The number of hydrogen-bond acceptors (Lipinski definition) is 2. The first kappa shape index (κ1) is 20.4. The van der Waals surface area contributed by atoms with Crippen LogP contribution in [0, 0.1) is 0 Å². The lowest BCUT2D eigenvalue weighted by molar-refractivity contribution is -0.571. The number of nitrogens with two attached hydrogens (primary N) is 1. The average Bonchev–Trinajstić information content (AvgIpc) is 2.59. The Labute approximate surface area is 144 Å². The van der Waals surface area contributed by atoms with Crippen LogP contribution >= 0.6 is 0 Å². The predicted octanol–water partition coefficient (Wildman–Crippen LogP) is 2.67. The maximum absolute atomic E-state index is 10.5. The van der Waals surface area contributed by atoms with Crippen molar-refractivity contribution in [1.29, 1.82) is 0 Å². The van der Waals surface area contributed by atoms with Gasteiger partial charge in [0.15, 0.2) is 0 Å². The summed E-state index contributed by atoms with van der Waals surface area (Å²) in [5, 5.41) is 11.1. The summed E-state index contributed by atoms with van der Waals surface area (Å²) in [6.45, 7) is 1.14. The Hall–Kier alpha value is -2.60. The number of allylic oxidation sites excluding steroid dienone is 1. The van der Waals surface area contributed by atoms with E-state index in [4.69, 9.17) is 9.90 Å². The molecule has 25 heavy (non-hydrogen) atoms. The van der Waals surface area contributed by atoms with Gasteiger partial charge in [-0.2, -0.15) is 13.2 Å². The molecule has 0 saturated carbocycles. The molecule has 134 valence electrons. The standard InChI is InChI=1S/C17H19N.C2HF3O2/c1-4-10-16(11-5-1)12-6-3-9-15-18-17-13-7-2-8-14-17;3-2(4,5)1(6)7/h1-2,4-8,10-14,18H,3,9,15H2;(H,6,7). The second kappa shape index (κ2) is 11.0. The minimum Gasteiger partial charge on any atom is -0.542 e. The van der Waals surface area contributed by atoms with Crippen molar-refractivity contribution < 1.29 is 28.4 Å². The Bertz CT molecular complexity index is 641. The van der Waals surface area contributed by atoms with Gasteiger partial charge < -0.3 is 15.2 Å². The molecule has 0 heterocycles. The summed E-state index contributed by atoms with van der Waals surface area (Å²) < 4.78 is 31.5. The number of carbonyl (C=O) groups is 1. The molecule has 0 aliphatic heterocycles. The van der Waals surface area contributed by atoms with E-state index >= 15 is 0 Å². The minimum atomic E-state index is -5.19. The number of rotatable bonds is 6. The van der Waals surface area contributed by atoms with Crippen LogP contribution in [0.1, 0.15) is 18.4 Å². The highest BCUT2D eigenvalue weighted by Crippen LogP contribution is 2.11. The van der Waals surface area contributed by atoms with E-state index in [1.165, 1.54) is 17.7 Å². The van der Waals surface area contributed by atoms with Gasteiger partial charge >= 0.3 is 6.18 Å². The molecule has 2 N–H and O–H groups in total. The largest absolute Gasteiger partial charge is 0.542 e. The van der Waals surface area contributed by atoms with Gasteiger partial charge in [0.2, 0.25) is 0 Å². The molecule has 2 rings (SSSR count). The van der Waals surface area contributed by atoms with E-state index in [0.717, 1.165) is 13.0 Å². The van der Waals surface area contributed by atoms with Crippen molar-refractivity contribution in [3.63, 3.8) is 0 Å². The smallest absolute Gasteiger partial charge is 0.430 e. The van der Waals surface area contributed by atoms with Crippen LogP contribution in [0.15, 0.2) is 66.7 Å². The lowest BCUT2D eigenvalue weighted by Gasteiger charge is -2.03. The fourth-order valence-electron chi connectivity index (χ4n) is 1.88. The molecular formula is C19H20F3NO2. The number of hydrogen-bond donors (Lipinski definition) is 1. The topological polar surface area (TPSA) is 56.7 Å². The van der Waals surface area contributed by atoms with Gasteiger partial charge in [0.05, 0.1) is 6.54 Å². The number of carboxylic acids is 1. The van der Waals surface area contributed by atoms with Crippen molar-refractivity contribution in [3.05, 3.63) is 72.3 Å². The SMILES string of the molecule is C(=Cc1ccccc1)CCC[NH2+]c1ccccc1.O=C([O-])C(F)(F)F. The number of benzene rings is 2. The van der Waals surface area contributed by atoms with Crippen molar-refractivity contribution in [1.82, 2.24) is 0 Å². The molecule has 0 aliphatic carbocycles. The van der Waals surface area contributed by atoms with Crippen LogP contribution in [0.25, 0.3) is 6.08 Å². The highest BCUT2D eigenvalue weighted by Gasteiger charge is 2.28. The van der Waals surface area contributed by atoms with Crippen LogP contribution in [0.5, 0.6) is 0 Å². The van der Waals surface area contributed by atoms with Crippen LogP contribution in [-0.4, -0.2) is 18.7 Å². The molecule has 0 amide bonds. The molecule has 0 atom stereocenters. The summed E-state index contributed by atoms with van der Waals surface area (Å²) in [6.07, 6.45) is 1.60. The summed E-state index contributed by atoms with van der Waals surface area (Å²) >= 11 is 0. The van der Waals surface area contributed by atoms with Crippen LogP contribution in [0.2, 0.25) is 0 Å². The number of quaternary nitrogens is 1. The molecule has 0 spiro atoms. The molecule has 0 aliphatic rings. The van der Waals surface area contributed by atoms with E-state index in [9.17, 15) is 13.2 Å². The van der Waals surface area contributed by atoms with Gasteiger partial charge in [-0.05, 0) is 24.1 Å². The number of unbranched alkanes of at least 4 members (excludes halogenated alkanes) is 1. The first-order valence-electron chi connectivity index (χ1n) is 7.77. The van der Waals surface area contributed by atoms with Gasteiger partial charge in [-0.3, -0.25) is 0 Å². The normalized spacial score (nSPS) is 11.0. The van der Waals surface area contributed by atoms with Crippen LogP contribution in [0.3, 0.4) is 0 Å². The van der Waals surface area contributed by atoms with Crippen molar-refractivity contribution in [3.8, 4) is 0 Å². The van der Waals surface area contributed by atoms with E-state index in [1.54, 1.807) is 0 Å². The van der Waals surface area contributed by atoms with Gasteiger partial charge in [-0.15, -0.1) is 0 Å². The molecule has 0 saturated heterocycles. The van der Waals surface area contributed by atoms with Crippen molar-refractivity contribution >= 4 is 17.7 Å². The molecular weight excluding hydrogens is 331 g/mol. The second-order valence-corrected chi connectivity index (χ2v) is 5.14. The zero-order chi connectivity index (χ0) is 18.5. The second-order valence-electron chi connectivity index (χ2n) is 5.14. The van der Waals surface area contributed by atoms with E-state index in [-0.39, 0.29) is 0 Å². The maximum Gasteiger partial charge on any atom is 0.430 e. The fourth-order valence-corrected chi connectivity index (χ4v) is 1.88. The van der Waals surface area contributed by atoms with Crippen LogP contribution in [-0.2, 0) is 4.79 Å². The highest BCUT2D eigenvalue weighted by atomic mass is 19.4. The summed E-state index contributed by atoms with van der Waals surface area (Å²) in [5.74, 6) is -3.01. The summed E-state index contributed by atoms with van der Waals surface area (Å²) in [6, 6.07) is 21.0. The number of carboxylic acid groups (broad SMARTS) is 1. The number of para-hydroxylation sites is 1. The van der Waals surface area contributed by atoms with Gasteiger partial charge in [-0.1, -0.05) is 60.7 Å². The zero-order valence-corrected chi connectivity index (χ0v) is 13.6. The van der Waals surface area contributed by atoms with E-state index in [0.29, 0.717) is 0 Å². The number of aliphatic carboxylic acids is 1. The van der Waals surface area contributed by atoms with Crippen LogP contribution in [0.4, 0.5) is 18.9 Å². The van der Waals surface area contributed by atoms with Gasteiger partial charge in [0, 0.05) is 6.42 Å². The summed E-state index contributed by atoms with van der Waals surface area (Å²) in [4.78, 5) is 8.78. The third-order valence-corrected chi connectivity index (χ3v) is 3.10. The summed E-state index contributed by atoms with van der Waals surface area (Å²) in [7, 11) is 0. The van der Waals surface area contributed by atoms with Gasteiger partial charge in [0.1, 0.15) is 11.7 Å². The lowest BCUT2D eigenvalue weighted by Crippen LogP contribution is -2.77. The quantitative estimate of drug-likeness (QED) is 0.643. The molecule has 6 heteroatoms. The molecule has 0 bridgehead atoms. The molecule has 2 aromatic carbocycles. The van der Waals surface area contributed by atoms with E-state index in [1.807, 2.05) is 6.07 Å². The fraction of sp³-hybridized carbons (Fsp3) is 0.211. The van der Waals surface area contributed by atoms with Gasteiger partial charge in [-0.25, -0.2) is 0 Å². The molecule has 0 fully saturated rings. The Morgan fingerprint density at radius 2 is 1.52 bits per heavy atom. The monoisotopic (exact) mass is 351 g/mol. The van der Waals surface area contributed by atoms with Crippen molar-refractivity contribution in [2.24, 2.45) is 0 Å². The minimum absolute atomic E-state index is 1.14. The first-order chi connectivity index (χ1) is 11.9. The Morgan fingerprint density at radius 3 is 2.04 bits per heavy atom. The number of carbonyl (C=O) groups excluding carboxylic acids is 1. The highest BCUT2D eigenvalue weighted by molar-refractivity contribution is 5.70. The zero-order valence-electron chi connectivity index (χ0n) is 13.6. The molecule has 2 aromatic rings. The van der Waals surface area contributed by atoms with E-state index < -0.39 is 12.1 Å². The first-order valence-corrected chi connectivity index (χ1v) is 7.77. The Morgan fingerprint density at radius 1 is 1.00 bits per heavy atom. The predicted molar refractivity (Wildman–Crippen MR) is 88.7 cm³/mol. The average molecular weight is 351 g/mol. The Balaban J connectivity index is 0.000000381. The molecule has 3 nitrogen and oxygen atoms in total. The van der Waals surface area contributed by atoms with Crippen molar-refractivity contribution in [2.75, 3.05) is 6.54 Å². The lowest BCUT2D eigenvalue weighted by atomic mass is 10.2. The van der Waals surface area contributed by atoms with Crippen molar-refractivity contribution in [2.45, 2.75) is 19.0 Å². The molecule has 0 aromatic heterocycles. The van der Waals surface area contributed by atoms with E-state index in [2.05, 4.69) is 72.1 Å². The third kappa shape index (κ3) is 9.99. The number of alkyl halides is 3. The maximum atomic E-state index is 10.5. The number of halogens is 3. The molecule has 0 radical (unpaired) electrons. The third-order valence-electron chi connectivity index (χ3n) is 3.10. The van der Waals surface area contributed by atoms with Crippen LogP contribution < -0.4 is 10.4 Å². The van der Waals surface area contributed by atoms with Gasteiger partial charge in [0.25, 0.3) is 0 Å².